The van der Waals surface area contributed by atoms with E-state index in [-0.39, 0.29) is 10.5 Å². The van der Waals surface area contributed by atoms with Gasteiger partial charge in [0.25, 0.3) is 0 Å². The Hall–Kier alpha value is -1.01. The summed E-state index contributed by atoms with van der Waals surface area (Å²) >= 11 is 4.53. The van der Waals surface area contributed by atoms with Crippen molar-refractivity contribution >= 4 is 33.0 Å². The second kappa shape index (κ2) is 5.77. The molecule has 0 aliphatic heterocycles. The van der Waals surface area contributed by atoms with Crippen LogP contribution in [0, 0.1) is 6.92 Å². The molecule has 1 nitrogen and oxygen atoms in total. The van der Waals surface area contributed by atoms with Gasteiger partial charge in [-0.25, -0.2) is 0 Å². The first-order valence-electron chi connectivity index (χ1n) is 5.96. The lowest BCUT2D eigenvalue weighted by molar-refractivity contribution is -0.138. The van der Waals surface area contributed by atoms with Crippen molar-refractivity contribution in [3.63, 3.8) is 0 Å². The number of rotatable bonds is 3. The van der Waals surface area contributed by atoms with Gasteiger partial charge in [-0.2, -0.15) is 13.2 Å². The van der Waals surface area contributed by atoms with E-state index in [1.54, 1.807) is 17.4 Å². The van der Waals surface area contributed by atoms with Gasteiger partial charge in [0.15, 0.2) is 0 Å². The molecule has 2 rings (SSSR count). The van der Waals surface area contributed by atoms with E-state index in [2.05, 4.69) is 21.2 Å². The predicted octanol–water partition coefficient (Wildman–Crippen LogP) is 6.01. The third-order valence-corrected chi connectivity index (χ3v) is 4.84. The second-order valence-electron chi connectivity index (χ2n) is 4.53. The van der Waals surface area contributed by atoms with Gasteiger partial charge in [0, 0.05) is 15.0 Å². The number of thiophene rings is 1. The van der Waals surface area contributed by atoms with Gasteiger partial charge < -0.3 is 5.32 Å². The van der Waals surface area contributed by atoms with Gasteiger partial charge in [-0.3, -0.25) is 0 Å². The molecule has 108 valence electrons. The van der Waals surface area contributed by atoms with Gasteiger partial charge in [0.05, 0.1) is 11.6 Å². The van der Waals surface area contributed by atoms with Gasteiger partial charge in [0.2, 0.25) is 0 Å². The molecule has 1 aromatic carbocycles. The standard InChI is InChI=1S/C14H13BrF3NS/c1-8-5-6-20-13(8)9(2)19-10-3-4-12(15)11(7-10)14(16,17)18/h3-7,9,19H,1-2H3. The van der Waals surface area contributed by atoms with Crippen molar-refractivity contribution in [3.8, 4) is 0 Å². The Balaban J connectivity index is 2.25. The van der Waals surface area contributed by atoms with E-state index in [1.165, 1.54) is 6.07 Å². The van der Waals surface area contributed by atoms with E-state index in [4.69, 9.17) is 0 Å². The van der Waals surface area contributed by atoms with Crippen molar-refractivity contribution in [2.24, 2.45) is 0 Å². The van der Waals surface area contributed by atoms with Crippen LogP contribution in [0.2, 0.25) is 0 Å². The second-order valence-corrected chi connectivity index (χ2v) is 6.33. The predicted molar refractivity (Wildman–Crippen MR) is 80.2 cm³/mol. The molecule has 0 amide bonds. The Kier molecular flexibility index (Phi) is 4.44. The lowest BCUT2D eigenvalue weighted by Gasteiger charge is -2.17. The minimum atomic E-state index is -4.36. The highest BCUT2D eigenvalue weighted by atomic mass is 79.9. The molecule has 1 atom stereocenters. The van der Waals surface area contributed by atoms with Gasteiger partial charge in [-0.1, -0.05) is 15.9 Å². The summed E-state index contributed by atoms with van der Waals surface area (Å²) < 4.78 is 38.6. The number of anilines is 1. The molecule has 2 aromatic rings. The van der Waals surface area contributed by atoms with Crippen LogP contribution in [-0.2, 0) is 6.18 Å². The summed E-state index contributed by atoms with van der Waals surface area (Å²) in [6, 6.07) is 6.15. The maximum Gasteiger partial charge on any atom is 0.417 e. The fourth-order valence-electron chi connectivity index (χ4n) is 1.98. The van der Waals surface area contributed by atoms with Crippen molar-refractivity contribution in [2.75, 3.05) is 5.32 Å². The van der Waals surface area contributed by atoms with Crippen LogP contribution in [-0.4, -0.2) is 0 Å². The smallest absolute Gasteiger partial charge is 0.378 e. The lowest BCUT2D eigenvalue weighted by atomic mass is 10.1. The Morgan fingerprint density at radius 2 is 1.95 bits per heavy atom. The highest BCUT2D eigenvalue weighted by molar-refractivity contribution is 9.10. The minimum Gasteiger partial charge on any atom is -0.378 e. The summed E-state index contributed by atoms with van der Waals surface area (Å²) in [7, 11) is 0. The Morgan fingerprint density at radius 1 is 1.25 bits per heavy atom. The van der Waals surface area contributed by atoms with Gasteiger partial charge in [-0.15, -0.1) is 11.3 Å². The molecule has 0 spiro atoms. The summed E-state index contributed by atoms with van der Waals surface area (Å²) in [5.74, 6) is 0. The molecular weight excluding hydrogens is 351 g/mol. The zero-order valence-corrected chi connectivity index (χ0v) is 13.3. The maximum absolute atomic E-state index is 12.8. The zero-order valence-electron chi connectivity index (χ0n) is 10.9. The monoisotopic (exact) mass is 363 g/mol. The molecule has 1 N–H and O–H groups in total. The van der Waals surface area contributed by atoms with Crippen LogP contribution in [0.1, 0.15) is 29.0 Å². The zero-order chi connectivity index (χ0) is 14.9. The molecular formula is C14H13BrF3NS. The van der Waals surface area contributed by atoms with E-state index < -0.39 is 11.7 Å². The first-order valence-corrected chi connectivity index (χ1v) is 7.63. The molecule has 0 aliphatic rings. The highest BCUT2D eigenvalue weighted by Gasteiger charge is 2.33. The van der Waals surface area contributed by atoms with Gasteiger partial charge >= 0.3 is 6.18 Å². The van der Waals surface area contributed by atoms with Gasteiger partial charge in [0.1, 0.15) is 0 Å². The number of halogens is 4. The molecule has 1 unspecified atom stereocenters. The van der Waals surface area contributed by atoms with E-state index in [1.807, 2.05) is 25.3 Å². The number of alkyl halides is 3. The van der Waals surface area contributed by atoms with Crippen LogP contribution in [0.25, 0.3) is 0 Å². The van der Waals surface area contributed by atoms with Crippen LogP contribution in [0.15, 0.2) is 34.1 Å². The number of aryl methyl sites for hydroxylation is 1. The summed E-state index contributed by atoms with van der Waals surface area (Å²) in [6.07, 6.45) is -4.36. The SMILES string of the molecule is Cc1ccsc1C(C)Nc1ccc(Br)c(C(F)(F)F)c1. The van der Waals surface area contributed by atoms with Crippen molar-refractivity contribution < 1.29 is 13.2 Å². The summed E-state index contributed by atoms with van der Waals surface area (Å²) in [5.41, 5.74) is 0.932. The third-order valence-electron chi connectivity index (χ3n) is 2.95. The molecule has 0 saturated heterocycles. The van der Waals surface area contributed by atoms with E-state index >= 15 is 0 Å². The molecule has 0 bridgehead atoms. The van der Waals surface area contributed by atoms with Crippen LogP contribution >= 0.6 is 27.3 Å². The van der Waals surface area contributed by atoms with Crippen LogP contribution < -0.4 is 5.32 Å². The van der Waals surface area contributed by atoms with Crippen LogP contribution in [0.3, 0.4) is 0 Å². The average molecular weight is 364 g/mol. The summed E-state index contributed by atoms with van der Waals surface area (Å²) in [6.45, 7) is 3.93. The molecule has 0 fully saturated rings. The number of nitrogens with one attached hydrogen (secondary N) is 1. The van der Waals surface area contributed by atoms with Crippen molar-refractivity contribution in [2.45, 2.75) is 26.1 Å². The highest BCUT2D eigenvalue weighted by Crippen LogP contribution is 2.37. The fourth-order valence-corrected chi connectivity index (χ4v) is 3.38. The maximum atomic E-state index is 12.8. The molecule has 0 aliphatic carbocycles. The van der Waals surface area contributed by atoms with E-state index in [0.717, 1.165) is 16.5 Å². The average Bonchev–Trinajstić information content (AvgIpc) is 2.76. The van der Waals surface area contributed by atoms with Crippen molar-refractivity contribution in [3.05, 3.63) is 50.1 Å². The summed E-state index contributed by atoms with van der Waals surface area (Å²) in [4.78, 5) is 1.13. The summed E-state index contributed by atoms with van der Waals surface area (Å²) in [5, 5.41) is 5.09. The fraction of sp³-hybridized carbons (Fsp3) is 0.286. The number of hydrogen-bond acceptors (Lipinski definition) is 2. The van der Waals surface area contributed by atoms with Crippen LogP contribution in [0.5, 0.6) is 0 Å². The molecule has 1 heterocycles. The Morgan fingerprint density at radius 3 is 2.50 bits per heavy atom. The van der Waals surface area contributed by atoms with Crippen LogP contribution in [0.4, 0.5) is 18.9 Å². The molecule has 1 aromatic heterocycles. The number of hydrogen-bond donors (Lipinski definition) is 1. The Bertz CT molecular complexity index is 607. The topological polar surface area (TPSA) is 12.0 Å². The van der Waals surface area contributed by atoms with Crippen molar-refractivity contribution in [1.29, 1.82) is 0 Å². The van der Waals surface area contributed by atoms with E-state index in [9.17, 15) is 13.2 Å². The first-order chi connectivity index (χ1) is 9.29. The molecule has 0 radical (unpaired) electrons. The van der Waals surface area contributed by atoms with Gasteiger partial charge in [-0.05, 0) is 49.1 Å². The molecule has 0 saturated carbocycles. The quantitative estimate of drug-likeness (QED) is 0.703. The Labute approximate surface area is 128 Å². The molecule has 20 heavy (non-hydrogen) atoms. The lowest BCUT2D eigenvalue weighted by Crippen LogP contribution is -2.10. The first kappa shape index (κ1) is 15.4. The number of benzene rings is 1. The third kappa shape index (κ3) is 3.35. The molecule has 6 heteroatoms. The van der Waals surface area contributed by atoms with E-state index in [0.29, 0.717) is 5.69 Å². The largest absolute Gasteiger partial charge is 0.417 e. The minimum absolute atomic E-state index is 0.0303. The normalized spacial score (nSPS) is 13.3. The van der Waals surface area contributed by atoms with Crippen molar-refractivity contribution in [1.82, 2.24) is 0 Å².